The van der Waals surface area contributed by atoms with Crippen LogP contribution in [0.3, 0.4) is 0 Å². The highest BCUT2D eigenvalue weighted by atomic mass is 32.2. The summed E-state index contributed by atoms with van der Waals surface area (Å²) < 4.78 is 0. The molecule has 1 aliphatic rings. The Hall–Kier alpha value is -1.86. The van der Waals surface area contributed by atoms with E-state index in [9.17, 15) is 15.2 Å². The van der Waals surface area contributed by atoms with Crippen molar-refractivity contribution in [1.82, 2.24) is 4.98 Å². The molecule has 1 aliphatic carbocycles. The first-order chi connectivity index (χ1) is 11.0. The summed E-state index contributed by atoms with van der Waals surface area (Å²) >= 11 is 1.78. The Bertz CT molecular complexity index is 740. The Labute approximate surface area is 138 Å². The van der Waals surface area contributed by atoms with Gasteiger partial charge in [-0.3, -0.25) is 15.1 Å². The van der Waals surface area contributed by atoms with E-state index >= 15 is 0 Å². The number of fused-ring (bicyclic) bond motifs is 1. The minimum atomic E-state index is -0.707. The van der Waals surface area contributed by atoms with Crippen molar-refractivity contribution in [2.24, 2.45) is 0 Å². The summed E-state index contributed by atoms with van der Waals surface area (Å²) in [5, 5.41) is 26.6. The molecule has 0 bridgehead atoms. The van der Waals surface area contributed by atoms with Crippen LogP contribution < -0.4 is 5.32 Å². The van der Waals surface area contributed by atoms with Gasteiger partial charge in [-0.05, 0) is 30.7 Å². The average Bonchev–Trinajstić information content (AvgIpc) is 2.56. The van der Waals surface area contributed by atoms with Gasteiger partial charge in [0.2, 0.25) is 0 Å². The van der Waals surface area contributed by atoms with Gasteiger partial charge in [0.05, 0.1) is 15.9 Å². The van der Waals surface area contributed by atoms with Crippen molar-refractivity contribution in [2.75, 3.05) is 17.6 Å². The number of benzene rings is 1. The maximum absolute atomic E-state index is 11.1. The van der Waals surface area contributed by atoms with E-state index in [1.807, 2.05) is 0 Å². The molecule has 23 heavy (non-hydrogen) atoms. The first kappa shape index (κ1) is 16.0. The van der Waals surface area contributed by atoms with Gasteiger partial charge in [0.25, 0.3) is 5.69 Å². The molecule has 0 spiro atoms. The van der Waals surface area contributed by atoms with Crippen LogP contribution in [0.5, 0.6) is 0 Å². The molecule has 1 aromatic heterocycles. The quantitative estimate of drug-likeness (QED) is 0.623. The van der Waals surface area contributed by atoms with Crippen molar-refractivity contribution < 1.29 is 10.0 Å². The van der Waals surface area contributed by atoms with E-state index < -0.39 is 10.5 Å². The van der Waals surface area contributed by atoms with Gasteiger partial charge in [0, 0.05) is 41.3 Å². The Balaban J connectivity index is 1.84. The van der Waals surface area contributed by atoms with Gasteiger partial charge in [-0.25, -0.2) is 0 Å². The van der Waals surface area contributed by atoms with E-state index in [-0.39, 0.29) is 10.9 Å². The van der Waals surface area contributed by atoms with E-state index in [2.05, 4.69) is 17.2 Å². The number of thioether (sulfide) groups is 1. The summed E-state index contributed by atoms with van der Waals surface area (Å²) in [6.45, 7) is 2.54. The average molecular weight is 333 g/mol. The molecule has 2 aromatic rings. The smallest absolute Gasteiger partial charge is 0.278 e. The van der Waals surface area contributed by atoms with Crippen LogP contribution in [0.4, 0.5) is 11.4 Å². The third kappa shape index (κ3) is 2.98. The van der Waals surface area contributed by atoms with Crippen LogP contribution in [-0.4, -0.2) is 38.2 Å². The van der Waals surface area contributed by atoms with Crippen molar-refractivity contribution in [3.05, 3.63) is 40.7 Å². The minimum absolute atomic E-state index is 0.0421. The number of hydrogen-bond acceptors (Lipinski definition) is 6. The largest absolute Gasteiger partial charge is 0.387 e. The Kier molecular flexibility index (Phi) is 4.41. The number of rotatable bonds is 6. The first-order valence-electron chi connectivity index (χ1n) is 7.64. The van der Waals surface area contributed by atoms with Crippen LogP contribution in [-0.2, 0) is 0 Å². The normalized spacial score (nSPS) is 23.5. The molecule has 2 atom stereocenters. The SMILES string of the molecule is CCSC1CCC1(O)CNc1ccc([N+](=O)[O-])c2cnccc12. The second-order valence-electron chi connectivity index (χ2n) is 5.75. The molecule has 0 saturated heterocycles. The number of anilines is 1. The van der Waals surface area contributed by atoms with Crippen molar-refractivity contribution in [3.63, 3.8) is 0 Å². The van der Waals surface area contributed by atoms with Crippen LogP contribution >= 0.6 is 11.8 Å². The zero-order valence-electron chi connectivity index (χ0n) is 12.9. The van der Waals surface area contributed by atoms with Gasteiger partial charge in [-0.2, -0.15) is 11.8 Å². The Morgan fingerprint density at radius 1 is 1.48 bits per heavy atom. The summed E-state index contributed by atoms with van der Waals surface area (Å²) in [7, 11) is 0. The van der Waals surface area contributed by atoms with Crippen molar-refractivity contribution in [3.8, 4) is 0 Å². The lowest BCUT2D eigenvalue weighted by Gasteiger charge is -2.45. The van der Waals surface area contributed by atoms with E-state index in [1.54, 1.807) is 30.1 Å². The Morgan fingerprint density at radius 2 is 2.30 bits per heavy atom. The molecule has 122 valence electrons. The van der Waals surface area contributed by atoms with E-state index in [4.69, 9.17) is 0 Å². The van der Waals surface area contributed by atoms with Gasteiger partial charge in [-0.1, -0.05) is 6.92 Å². The number of aromatic nitrogens is 1. The molecule has 1 aromatic carbocycles. The zero-order valence-corrected chi connectivity index (χ0v) is 13.7. The first-order valence-corrected chi connectivity index (χ1v) is 8.69. The third-order valence-electron chi connectivity index (χ3n) is 4.38. The van der Waals surface area contributed by atoms with E-state index in [1.165, 1.54) is 12.3 Å². The summed E-state index contributed by atoms with van der Waals surface area (Å²) in [6, 6.07) is 4.94. The molecule has 2 N–H and O–H groups in total. The van der Waals surface area contributed by atoms with Gasteiger partial charge < -0.3 is 10.4 Å². The summed E-state index contributed by atoms with van der Waals surface area (Å²) in [6.07, 6.45) is 4.93. The number of nitrogens with one attached hydrogen (secondary N) is 1. The summed E-state index contributed by atoms with van der Waals surface area (Å²) in [5.74, 6) is 0.985. The van der Waals surface area contributed by atoms with Crippen LogP contribution in [0.15, 0.2) is 30.6 Å². The monoisotopic (exact) mass is 333 g/mol. The third-order valence-corrected chi connectivity index (χ3v) is 5.79. The van der Waals surface area contributed by atoms with Crippen molar-refractivity contribution >= 4 is 33.9 Å². The molecule has 0 aliphatic heterocycles. The van der Waals surface area contributed by atoms with E-state index in [0.717, 1.165) is 29.7 Å². The second-order valence-corrected chi connectivity index (χ2v) is 7.23. The maximum Gasteiger partial charge on any atom is 0.278 e. The van der Waals surface area contributed by atoms with E-state index in [0.29, 0.717) is 11.9 Å². The fraction of sp³-hybridized carbons (Fsp3) is 0.438. The van der Waals surface area contributed by atoms with Crippen LogP contribution in [0.1, 0.15) is 19.8 Å². The summed E-state index contributed by atoms with van der Waals surface area (Å²) in [4.78, 5) is 14.7. The van der Waals surface area contributed by atoms with Crippen molar-refractivity contribution in [1.29, 1.82) is 0 Å². The number of pyridine rings is 1. The number of hydrogen-bond donors (Lipinski definition) is 2. The second kappa shape index (κ2) is 6.33. The predicted molar refractivity (Wildman–Crippen MR) is 93.0 cm³/mol. The highest BCUT2D eigenvalue weighted by molar-refractivity contribution is 8.00. The molecule has 2 unspecified atom stereocenters. The Morgan fingerprint density at radius 3 is 2.96 bits per heavy atom. The standard InChI is InChI=1S/C16H19N3O3S/c1-2-23-15-5-7-16(15,20)10-18-13-3-4-14(19(21)22)12-9-17-8-6-11(12)13/h3-4,6,8-9,15,18,20H,2,5,7,10H2,1H3. The predicted octanol–water partition coefficient (Wildman–Crippen LogP) is 3.20. The number of nitrogens with zero attached hydrogens (tertiary/aromatic N) is 2. The fourth-order valence-electron chi connectivity index (χ4n) is 2.97. The maximum atomic E-state index is 11.1. The minimum Gasteiger partial charge on any atom is -0.387 e. The van der Waals surface area contributed by atoms with Crippen LogP contribution in [0.2, 0.25) is 0 Å². The molecule has 1 fully saturated rings. The van der Waals surface area contributed by atoms with Crippen LogP contribution in [0, 0.1) is 10.1 Å². The molecule has 1 heterocycles. The lowest BCUT2D eigenvalue weighted by atomic mass is 9.79. The fourth-order valence-corrected chi connectivity index (χ4v) is 4.17. The highest BCUT2D eigenvalue weighted by Gasteiger charge is 2.45. The van der Waals surface area contributed by atoms with Gasteiger partial charge in [0.1, 0.15) is 0 Å². The molecule has 0 amide bonds. The molecule has 0 radical (unpaired) electrons. The van der Waals surface area contributed by atoms with Crippen molar-refractivity contribution in [2.45, 2.75) is 30.6 Å². The summed E-state index contributed by atoms with van der Waals surface area (Å²) in [5.41, 5.74) is 0.121. The van der Waals surface area contributed by atoms with Gasteiger partial charge in [-0.15, -0.1) is 0 Å². The molecule has 6 nitrogen and oxygen atoms in total. The molecule has 1 saturated carbocycles. The lowest BCUT2D eigenvalue weighted by Crippen LogP contribution is -2.54. The topological polar surface area (TPSA) is 88.3 Å². The molecular formula is C16H19N3O3S. The lowest BCUT2D eigenvalue weighted by molar-refractivity contribution is -0.383. The van der Waals surface area contributed by atoms with Gasteiger partial charge in [0.15, 0.2) is 0 Å². The van der Waals surface area contributed by atoms with Gasteiger partial charge >= 0.3 is 0 Å². The molecule has 3 rings (SSSR count). The number of nitro benzene ring substituents is 1. The molecular weight excluding hydrogens is 314 g/mol. The van der Waals surface area contributed by atoms with Crippen LogP contribution in [0.25, 0.3) is 10.8 Å². The number of aliphatic hydroxyl groups is 1. The molecule has 7 heteroatoms. The number of nitro groups is 1. The number of non-ortho nitro benzene ring substituents is 1. The zero-order chi connectivity index (χ0) is 16.4. The highest BCUT2D eigenvalue weighted by Crippen LogP contribution is 2.41.